The van der Waals surface area contributed by atoms with Crippen LogP contribution >= 0.6 is 22.7 Å². The summed E-state index contributed by atoms with van der Waals surface area (Å²) in [6.07, 6.45) is 2.21. The minimum atomic E-state index is -0.126. The van der Waals surface area contributed by atoms with Gasteiger partial charge in [0.1, 0.15) is 11.3 Å². The van der Waals surface area contributed by atoms with Crippen LogP contribution in [0.3, 0.4) is 0 Å². The smallest absolute Gasteiger partial charge is 0.270 e. The summed E-state index contributed by atoms with van der Waals surface area (Å²) in [5.41, 5.74) is 1.46. The normalized spacial score (nSPS) is 14.1. The standard InChI is InChI=1S/C27H28N4O4S2/c1-28-25(33)18-10-13-30(14-11-18)24(32)9-4-12-31(26(34)23-8-5-15-36-23)27-29-20(17-37-27)22-16-19-6-2-3-7-21(19)35-22/h2-3,5-8,15-18H,4,9-14H2,1H3,(H,28,33). The summed E-state index contributed by atoms with van der Waals surface area (Å²) in [6.45, 7) is 1.55. The van der Waals surface area contributed by atoms with E-state index in [-0.39, 0.29) is 23.6 Å². The SMILES string of the molecule is CNC(=O)C1CCN(C(=O)CCCN(C(=O)c2cccs2)c2nc(-c3cc4ccccc4o3)cs2)CC1. The largest absolute Gasteiger partial charge is 0.454 e. The van der Waals surface area contributed by atoms with E-state index in [4.69, 9.17) is 9.40 Å². The van der Waals surface area contributed by atoms with Crippen LogP contribution in [0.1, 0.15) is 35.4 Å². The second-order valence-corrected chi connectivity index (χ2v) is 10.8. The highest BCUT2D eigenvalue weighted by Gasteiger charge is 2.27. The Hall–Kier alpha value is -3.50. The first kappa shape index (κ1) is 25.2. The van der Waals surface area contributed by atoms with Gasteiger partial charge in [-0.2, -0.15) is 0 Å². The summed E-state index contributed by atoms with van der Waals surface area (Å²) in [7, 11) is 1.64. The van der Waals surface area contributed by atoms with Crippen LogP contribution in [-0.4, -0.2) is 54.3 Å². The maximum atomic E-state index is 13.3. The predicted octanol–water partition coefficient (Wildman–Crippen LogP) is 5.03. The van der Waals surface area contributed by atoms with Crippen molar-refractivity contribution < 1.29 is 18.8 Å². The molecule has 1 aliphatic rings. The molecule has 1 saturated heterocycles. The zero-order valence-corrected chi connectivity index (χ0v) is 22.1. The number of thiophene rings is 1. The molecule has 3 aromatic heterocycles. The first-order valence-corrected chi connectivity index (χ1v) is 14.1. The predicted molar refractivity (Wildman–Crippen MR) is 146 cm³/mol. The third-order valence-electron chi connectivity index (χ3n) is 6.62. The van der Waals surface area contributed by atoms with Crippen molar-refractivity contribution in [3.63, 3.8) is 0 Å². The molecule has 0 aliphatic carbocycles. The molecular weight excluding hydrogens is 508 g/mol. The van der Waals surface area contributed by atoms with Gasteiger partial charge in [0, 0.05) is 49.8 Å². The Bertz CT molecular complexity index is 1350. The van der Waals surface area contributed by atoms with Crippen molar-refractivity contribution in [3.05, 3.63) is 58.1 Å². The van der Waals surface area contributed by atoms with Crippen LogP contribution in [0, 0.1) is 5.92 Å². The molecule has 5 rings (SSSR count). The highest BCUT2D eigenvalue weighted by atomic mass is 32.1. The number of aromatic nitrogens is 1. The van der Waals surface area contributed by atoms with Crippen LogP contribution in [0.25, 0.3) is 22.4 Å². The number of nitrogens with one attached hydrogen (secondary N) is 1. The summed E-state index contributed by atoms with van der Waals surface area (Å²) in [4.78, 5) is 46.9. The maximum Gasteiger partial charge on any atom is 0.270 e. The Balaban J connectivity index is 1.26. The molecule has 10 heteroatoms. The van der Waals surface area contributed by atoms with Gasteiger partial charge in [0.25, 0.3) is 5.91 Å². The third-order valence-corrected chi connectivity index (χ3v) is 8.34. The summed E-state index contributed by atoms with van der Waals surface area (Å²) in [5.74, 6) is 0.599. The second-order valence-electron chi connectivity index (χ2n) is 8.97. The first-order valence-electron chi connectivity index (χ1n) is 12.3. The molecule has 1 aromatic carbocycles. The molecule has 0 saturated carbocycles. The van der Waals surface area contributed by atoms with Crippen LogP contribution in [0.15, 0.2) is 57.6 Å². The number of amides is 3. The van der Waals surface area contributed by atoms with Crippen LogP contribution < -0.4 is 10.2 Å². The minimum Gasteiger partial charge on any atom is -0.454 e. The van der Waals surface area contributed by atoms with Gasteiger partial charge in [-0.3, -0.25) is 19.3 Å². The number of fused-ring (bicyclic) bond motifs is 1. The number of para-hydroxylation sites is 1. The second kappa shape index (κ2) is 11.3. The Morgan fingerprint density at radius 2 is 1.95 bits per heavy atom. The van der Waals surface area contributed by atoms with Gasteiger partial charge in [0.2, 0.25) is 11.8 Å². The molecule has 4 heterocycles. The van der Waals surface area contributed by atoms with Gasteiger partial charge < -0.3 is 14.6 Å². The number of nitrogens with zero attached hydrogens (tertiary/aromatic N) is 3. The zero-order chi connectivity index (χ0) is 25.8. The third kappa shape index (κ3) is 5.60. The topological polar surface area (TPSA) is 95.8 Å². The van der Waals surface area contributed by atoms with Gasteiger partial charge in [-0.15, -0.1) is 22.7 Å². The van der Waals surface area contributed by atoms with Gasteiger partial charge in [0.15, 0.2) is 10.9 Å². The maximum absolute atomic E-state index is 13.3. The molecule has 1 aliphatic heterocycles. The van der Waals surface area contributed by atoms with Crippen LogP contribution in [0.5, 0.6) is 0 Å². The lowest BCUT2D eigenvalue weighted by Gasteiger charge is -2.31. The fourth-order valence-corrected chi connectivity index (χ4v) is 6.08. The first-order chi connectivity index (χ1) is 18.0. The molecule has 0 atom stereocenters. The van der Waals surface area contributed by atoms with E-state index >= 15 is 0 Å². The summed E-state index contributed by atoms with van der Waals surface area (Å²) >= 11 is 2.77. The lowest BCUT2D eigenvalue weighted by Crippen LogP contribution is -2.42. The Kier molecular flexibility index (Phi) is 7.66. The molecule has 0 bridgehead atoms. The number of rotatable bonds is 8. The number of carbonyl (C=O) groups is 3. The van der Waals surface area contributed by atoms with E-state index in [0.717, 1.165) is 11.0 Å². The number of piperidine rings is 1. The molecule has 8 nitrogen and oxygen atoms in total. The van der Waals surface area contributed by atoms with Crippen molar-refractivity contribution in [3.8, 4) is 11.5 Å². The van der Waals surface area contributed by atoms with Crippen molar-refractivity contribution in [1.29, 1.82) is 0 Å². The number of thiazole rings is 1. The molecular formula is C27H28N4O4S2. The lowest BCUT2D eigenvalue weighted by molar-refractivity contribution is -0.135. The van der Waals surface area contributed by atoms with E-state index < -0.39 is 0 Å². The molecule has 192 valence electrons. The zero-order valence-electron chi connectivity index (χ0n) is 20.5. The molecule has 0 radical (unpaired) electrons. The minimum absolute atomic E-state index is 0.0289. The number of anilines is 1. The summed E-state index contributed by atoms with van der Waals surface area (Å²) in [6, 6.07) is 13.4. The highest BCUT2D eigenvalue weighted by molar-refractivity contribution is 7.14. The van der Waals surface area contributed by atoms with Crippen LogP contribution in [0.2, 0.25) is 0 Å². The average molecular weight is 537 g/mol. The van der Waals surface area contributed by atoms with Gasteiger partial charge in [-0.05, 0) is 42.8 Å². The number of furan rings is 1. The molecule has 0 unspecified atom stereocenters. The highest BCUT2D eigenvalue weighted by Crippen LogP contribution is 2.32. The summed E-state index contributed by atoms with van der Waals surface area (Å²) < 4.78 is 5.96. The van der Waals surface area contributed by atoms with Gasteiger partial charge in [-0.1, -0.05) is 24.3 Å². The number of benzene rings is 1. The number of hydrogen-bond donors (Lipinski definition) is 1. The van der Waals surface area contributed by atoms with Gasteiger partial charge in [0.05, 0.1) is 4.88 Å². The molecule has 0 spiro atoms. The van der Waals surface area contributed by atoms with Crippen molar-refractivity contribution in [2.75, 3.05) is 31.6 Å². The Morgan fingerprint density at radius 1 is 1.14 bits per heavy atom. The van der Waals surface area contributed by atoms with E-state index in [0.29, 0.717) is 66.8 Å². The van der Waals surface area contributed by atoms with Crippen LogP contribution in [0.4, 0.5) is 5.13 Å². The van der Waals surface area contributed by atoms with E-state index in [1.54, 1.807) is 18.0 Å². The van der Waals surface area contributed by atoms with E-state index in [1.165, 1.54) is 22.7 Å². The molecule has 37 heavy (non-hydrogen) atoms. The lowest BCUT2D eigenvalue weighted by atomic mass is 9.96. The number of carbonyl (C=O) groups excluding carboxylic acids is 3. The molecule has 1 N–H and O–H groups in total. The average Bonchev–Trinajstić information content (AvgIpc) is 3.71. The van der Waals surface area contributed by atoms with E-state index in [2.05, 4.69) is 5.32 Å². The van der Waals surface area contributed by atoms with Crippen molar-refractivity contribution in [1.82, 2.24) is 15.2 Å². The van der Waals surface area contributed by atoms with E-state index in [1.807, 2.05) is 52.1 Å². The van der Waals surface area contributed by atoms with Crippen molar-refractivity contribution in [2.24, 2.45) is 5.92 Å². The molecule has 4 aromatic rings. The van der Waals surface area contributed by atoms with E-state index in [9.17, 15) is 14.4 Å². The van der Waals surface area contributed by atoms with Crippen LogP contribution in [-0.2, 0) is 9.59 Å². The van der Waals surface area contributed by atoms with Crippen molar-refractivity contribution in [2.45, 2.75) is 25.7 Å². The fraction of sp³-hybridized carbons (Fsp3) is 0.333. The fourth-order valence-electron chi connectivity index (χ4n) is 4.57. The Labute approximate surface area is 222 Å². The molecule has 3 amide bonds. The van der Waals surface area contributed by atoms with Crippen molar-refractivity contribution >= 4 is 56.5 Å². The number of hydrogen-bond acceptors (Lipinski definition) is 7. The monoisotopic (exact) mass is 536 g/mol. The quantitative estimate of drug-likeness (QED) is 0.341. The summed E-state index contributed by atoms with van der Waals surface area (Å²) in [5, 5.41) is 8.03. The van der Waals surface area contributed by atoms with Gasteiger partial charge in [-0.25, -0.2) is 4.98 Å². The van der Waals surface area contributed by atoms with Gasteiger partial charge >= 0.3 is 0 Å². The molecule has 1 fully saturated rings. The number of likely N-dealkylation sites (tertiary alicyclic amines) is 1. The Morgan fingerprint density at radius 3 is 2.68 bits per heavy atom.